The maximum absolute atomic E-state index is 13.3. The Morgan fingerprint density at radius 1 is 1.00 bits per heavy atom. The van der Waals surface area contributed by atoms with Crippen LogP contribution in [0.4, 0.5) is 18.9 Å². The van der Waals surface area contributed by atoms with Crippen LogP contribution in [-0.4, -0.2) is 18.5 Å². The minimum Gasteiger partial charge on any atom is -0.452 e. The molecular weight excluding hydrogens is 299 g/mol. The van der Waals surface area contributed by atoms with Gasteiger partial charge in [0.25, 0.3) is 5.91 Å². The Labute approximate surface area is 123 Å². The van der Waals surface area contributed by atoms with Gasteiger partial charge in [-0.3, -0.25) is 4.79 Å². The number of halogens is 3. The van der Waals surface area contributed by atoms with Gasteiger partial charge in [-0.2, -0.15) is 0 Å². The molecule has 0 aliphatic heterocycles. The van der Waals surface area contributed by atoms with E-state index < -0.39 is 41.5 Å². The summed E-state index contributed by atoms with van der Waals surface area (Å²) in [5.74, 6) is -4.45. The zero-order valence-electron chi connectivity index (χ0n) is 11.1. The van der Waals surface area contributed by atoms with Gasteiger partial charge >= 0.3 is 5.97 Å². The highest BCUT2D eigenvalue weighted by Gasteiger charge is 2.16. The number of ether oxygens (including phenoxy) is 1. The van der Waals surface area contributed by atoms with Gasteiger partial charge in [-0.1, -0.05) is 12.1 Å². The number of amides is 1. The molecule has 2 aromatic carbocycles. The Bertz CT molecular complexity index is 719. The Kier molecular flexibility index (Phi) is 4.77. The van der Waals surface area contributed by atoms with Crippen LogP contribution in [0, 0.1) is 17.5 Å². The van der Waals surface area contributed by atoms with Gasteiger partial charge < -0.3 is 10.1 Å². The first-order valence-corrected chi connectivity index (χ1v) is 6.14. The van der Waals surface area contributed by atoms with Crippen molar-refractivity contribution in [1.29, 1.82) is 0 Å². The van der Waals surface area contributed by atoms with Crippen LogP contribution < -0.4 is 5.32 Å². The zero-order valence-corrected chi connectivity index (χ0v) is 11.1. The molecule has 0 aliphatic carbocycles. The third-order valence-electron chi connectivity index (χ3n) is 2.63. The summed E-state index contributed by atoms with van der Waals surface area (Å²) in [6, 6.07) is 7.68. The average Bonchev–Trinajstić information content (AvgIpc) is 2.49. The van der Waals surface area contributed by atoms with Crippen molar-refractivity contribution in [2.45, 2.75) is 0 Å². The van der Waals surface area contributed by atoms with Crippen LogP contribution in [-0.2, 0) is 9.53 Å². The SMILES string of the molecule is O=C(COC(=O)c1cc(F)ccc1F)Nc1ccccc1F. The van der Waals surface area contributed by atoms with E-state index in [2.05, 4.69) is 10.1 Å². The number of rotatable bonds is 4. The molecule has 0 unspecified atom stereocenters. The highest BCUT2D eigenvalue weighted by Crippen LogP contribution is 2.13. The molecule has 2 rings (SSSR count). The van der Waals surface area contributed by atoms with Crippen molar-refractivity contribution in [1.82, 2.24) is 0 Å². The van der Waals surface area contributed by atoms with Crippen LogP contribution in [0.15, 0.2) is 42.5 Å². The van der Waals surface area contributed by atoms with Gasteiger partial charge in [0.1, 0.15) is 17.5 Å². The summed E-state index contributed by atoms with van der Waals surface area (Å²) < 4.78 is 44.1. The molecule has 0 saturated carbocycles. The van der Waals surface area contributed by atoms with Crippen molar-refractivity contribution in [3.63, 3.8) is 0 Å². The largest absolute Gasteiger partial charge is 0.452 e. The summed E-state index contributed by atoms with van der Waals surface area (Å²) >= 11 is 0. The fourth-order valence-corrected chi connectivity index (χ4v) is 1.61. The van der Waals surface area contributed by atoms with Crippen LogP contribution >= 0.6 is 0 Å². The molecule has 0 aromatic heterocycles. The third-order valence-corrected chi connectivity index (χ3v) is 2.63. The molecule has 0 aliphatic rings. The normalized spacial score (nSPS) is 10.1. The first-order chi connectivity index (χ1) is 10.5. The number of para-hydroxylation sites is 1. The second-order valence-corrected chi connectivity index (χ2v) is 4.23. The number of hydrogen-bond acceptors (Lipinski definition) is 3. The lowest BCUT2D eigenvalue weighted by atomic mass is 10.2. The van der Waals surface area contributed by atoms with Crippen LogP contribution in [0.1, 0.15) is 10.4 Å². The Balaban J connectivity index is 1.95. The number of benzene rings is 2. The van der Waals surface area contributed by atoms with Crippen molar-refractivity contribution in [3.05, 3.63) is 65.5 Å². The Hall–Kier alpha value is -2.83. The standard InChI is InChI=1S/C15H10F3NO3/c16-9-5-6-11(17)10(7-9)15(21)22-8-14(20)19-13-4-2-1-3-12(13)18/h1-7H,8H2,(H,19,20). The van der Waals surface area contributed by atoms with Crippen molar-refractivity contribution >= 4 is 17.6 Å². The molecule has 0 saturated heterocycles. The van der Waals surface area contributed by atoms with E-state index in [4.69, 9.17) is 0 Å². The van der Waals surface area contributed by atoms with E-state index in [0.29, 0.717) is 6.07 Å². The highest BCUT2D eigenvalue weighted by atomic mass is 19.1. The third kappa shape index (κ3) is 3.85. The molecule has 1 N–H and O–H groups in total. The van der Waals surface area contributed by atoms with Gasteiger partial charge in [0, 0.05) is 0 Å². The van der Waals surface area contributed by atoms with Crippen LogP contribution in [0.2, 0.25) is 0 Å². The van der Waals surface area contributed by atoms with Crippen LogP contribution in [0.25, 0.3) is 0 Å². The van der Waals surface area contributed by atoms with Crippen LogP contribution in [0.5, 0.6) is 0 Å². The van der Waals surface area contributed by atoms with E-state index in [9.17, 15) is 22.8 Å². The predicted molar refractivity (Wildman–Crippen MR) is 71.7 cm³/mol. The first kappa shape index (κ1) is 15.6. The molecule has 1 amide bonds. The van der Waals surface area contributed by atoms with Crippen molar-refractivity contribution in [3.8, 4) is 0 Å². The summed E-state index contributed by atoms with van der Waals surface area (Å²) in [5, 5.41) is 2.18. The fraction of sp³-hybridized carbons (Fsp3) is 0.0667. The topological polar surface area (TPSA) is 55.4 Å². The van der Waals surface area contributed by atoms with Gasteiger partial charge in [-0.25, -0.2) is 18.0 Å². The molecule has 2 aromatic rings. The Morgan fingerprint density at radius 3 is 2.45 bits per heavy atom. The maximum Gasteiger partial charge on any atom is 0.341 e. The minimum absolute atomic E-state index is 0.0829. The number of anilines is 1. The van der Waals surface area contributed by atoms with Gasteiger partial charge in [-0.05, 0) is 30.3 Å². The quantitative estimate of drug-likeness (QED) is 0.884. The number of esters is 1. The molecule has 7 heteroatoms. The molecule has 22 heavy (non-hydrogen) atoms. The van der Waals surface area contributed by atoms with Gasteiger partial charge in [-0.15, -0.1) is 0 Å². The summed E-state index contributed by atoms with van der Waals surface area (Å²) in [5.41, 5.74) is -0.709. The molecule has 0 fully saturated rings. The van der Waals surface area contributed by atoms with Crippen molar-refractivity contribution in [2.75, 3.05) is 11.9 Å². The lowest BCUT2D eigenvalue weighted by Crippen LogP contribution is -2.21. The second kappa shape index (κ2) is 6.75. The van der Waals surface area contributed by atoms with E-state index in [-0.39, 0.29) is 5.69 Å². The van der Waals surface area contributed by atoms with Gasteiger partial charge in [0.15, 0.2) is 6.61 Å². The number of carbonyl (C=O) groups is 2. The lowest BCUT2D eigenvalue weighted by Gasteiger charge is -2.07. The molecule has 0 radical (unpaired) electrons. The number of carbonyl (C=O) groups excluding carboxylic acids is 2. The summed E-state index contributed by atoms with van der Waals surface area (Å²) in [7, 11) is 0. The minimum atomic E-state index is -1.19. The molecule has 114 valence electrons. The van der Waals surface area contributed by atoms with E-state index in [1.54, 1.807) is 0 Å². The highest BCUT2D eigenvalue weighted by molar-refractivity contribution is 5.95. The molecule has 0 heterocycles. The van der Waals surface area contributed by atoms with Gasteiger partial charge in [0.2, 0.25) is 0 Å². The van der Waals surface area contributed by atoms with E-state index in [1.807, 2.05) is 0 Å². The monoisotopic (exact) mass is 309 g/mol. The van der Waals surface area contributed by atoms with E-state index in [0.717, 1.165) is 18.2 Å². The van der Waals surface area contributed by atoms with Crippen molar-refractivity contribution in [2.24, 2.45) is 0 Å². The zero-order chi connectivity index (χ0) is 16.1. The first-order valence-electron chi connectivity index (χ1n) is 6.14. The Morgan fingerprint density at radius 2 is 1.73 bits per heavy atom. The average molecular weight is 309 g/mol. The fourth-order valence-electron chi connectivity index (χ4n) is 1.61. The number of nitrogens with one attached hydrogen (secondary N) is 1. The van der Waals surface area contributed by atoms with E-state index in [1.165, 1.54) is 18.2 Å². The summed E-state index contributed by atoms with van der Waals surface area (Å²) in [6.07, 6.45) is 0. The molecule has 0 spiro atoms. The second-order valence-electron chi connectivity index (χ2n) is 4.23. The van der Waals surface area contributed by atoms with Crippen molar-refractivity contribution < 1.29 is 27.5 Å². The molecule has 4 nitrogen and oxygen atoms in total. The molecule has 0 bridgehead atoms. The molecular formula is C15H10F3NO3. The number of hydrogen-bond donors (Lipinski definition) is 1. The van der Waals surface area contributed by atoms with Crippen LogP contribution in [0.3, 0.4) is 0 Å². The summed E-state index contributed by atoms with van der Waals surface area (Å²) in [4.78, 5) is 23.1. The maximum atomic E-state index is 13.3. The predicted octanol–water partition coefficient (Wildman–Crippen LogP) is 2.90. The van der Waals surface area contributed by atoms with Gasteiger partial charge in [0.05, 0.1) is 11.3 Å². The molecule has 0 atom stereocenters. The van der Waals surface area contributed by atoms with E-state index >= 15 is 0 Å². The summed E-state index contributed by atoms with van der Waals surface area (Å²) in [6.45, 7) is -0.761. The lowest BCUT2D eigenvalue weighted by molar-refractivity contribution is -0.119. The smallest absolute Gasteiger partial charge is 0.341 e.